The van der Waals surface area contributed by atoms with Gasteiger partial charge in [-0.1, -0.05) is 23.7 Å². The van der Waals surface area contributed by atoms with E-state index in [0.29, 0.717) is 16.5 Å². The maximum atomic E-state index is 11.3. The van der Waals surface area contributed by atoms with E-state index in [0.717, 1.165) is 16.8 Å². The molecule has 0 heterocycles. The van der Waals surface area contributed by atoms with Gasteiger partial charge >= 0.3 is 0 Å². The van der Waals surface area contributed by atoms with Crippen LogP contribution in [0.2, 0.25) is 5.02 Å². The minimum Gasteiger partial charge on any atom is -0.495 e. The number of hydrogen-bond donors (Lipinski definition) is 3. The second-order valence-electron chi connectivity index (χ2n) is 5.48. The second-order valence-corrected chi connectivity index (χ2v) is 5.89. The number of rotatable bonds is 6. The number of nitrogens with one attached hydrogen (secondary N) is 2. The number of aliphatic hydroxyl groups is 1. The molecule has 24 heavy (non-hydrogen) atoms. The summed E-state index contributed by atoms with van der Waals surface area (Å²) in [5.41, 5.74) is 3.10. The number of hydrogen-bond acceptors (Lipinski definition) is 4. The van der Waals surface area contributed by atoms with Crippen molar-refractivity contribution in [3.8, 4) is 5.75 Å². The SMILES string of the molecule is COc1ccc(C(C)Nc2cc(CO)ccc2Cl)cc1NC(C)=O. The Morgan fingerprint density at radius 1 is 1.25 bits per heavy atom. The van der Waals surface area contributed by atoms with Crippen molar-refractivity contribution in [3.05, 3.63) is 52.5 Å². The zero-order valence-corrected chi connectivity index (χ0v) is 14.6. The lowest BCUT2D eigenvalue weighted by atomic mass is 10.1. The number of methoxy groups -OCH3 is 1. The zero-order valence-electron chi connectivity index (χ0n) is 13.9. The average molecular weight is 349 g/mol. The molecule has 3 N–H and O–H groups in total. The highest BCUT2D eigenvalue weighted by atomic mass is 35.5. The third-order valence-corrected chi connectivity index (χ3v) is 3.95. The zero-order chi connectivity index (χ0) is 17.7. The summed E-state index contributed by atoms with van der Waals surface area (Å²) >= 11 is 6.21. The van der Waals surface area contributed by atoms with E-state index in [2.05, 4.69) is 10.6 Å². The van der Waals surface area contributed by atoms with Crippen LogP contribution in [0, 0.1) is 0 Å². The number of carbonyl (C=O) groups excluding carboxylic acids is 1. The number of ether oxygens (including phenoxy) is 1. The molecule has 0 aromatic heterocycles. The molecule has 0 fully saturated rings. The Morgan fingerprint density at radius 2 is 2.00 bits per heavy atom. The molecule has 0 aliphatic carbocycles. The van der Waals surface area contributed by atoms with E-state index < -0.39 is 0 Å². The monoisotopic (exact) mass is 348 g/mol. The van der Waals surface area contributed by atoms with Crippen LogP contribution in [-0.4, -0.2) is 18.1 Å². The van der Waals surface area contributed by atoms with Gasteiger partial charge in [-0.3, -0.25) is 4.79 Å². The minimum atomic E-state index is -0.162. The summed E-state index contributed by atoms with van der Waals surface area (Å²) < 4.78 is 5.26. The number of amides is 1. The molecule has 0 radical (unpaired) electrons. The molecule has 0 aliphatic rings. The van der Waals surface area contributed by atoms with Crippen LogP contribution in [0.25, 0.3) is 0 Å². The van der Waals surface area contributed by atoms with E-state index in [1.165, 1.54) is 6.92 Å². The quantitative estimate of drug-likeness (QED) is 0.738. The summed E-state index contributed by atoms with van der Waals surface area (Å²) in [6.45, 7) is 3.39. The minimum absolute atomic E-state index is 0.0462. The lowest BCUT2D eigenvalue weighted by molar-refractivity contribution is -0.114. The number of benzene rings is 2. The molecule has 2 aromatic carbocycles. The van der Waals surface area contributed by atoms with Crippen molar-refractivity contribution < 1.29 is 14.6 Å². The van der Waals surface area contributed by atoms with Crippen molar-refractivity contribution in [1.82, 2.24) is 0 Å². The number of carbonyl (C=O) groups is 1. The van der Waals surface area contributed by atoms with Crippen LogP contribution < -0.4 is 15.4 Å². The number of halogens is 1. The van der Waals surface area contributed by atoms with Gasteiger partial charge in [-0.05, 0) is 42.3 Å². The predicted octanol–water partition coefficient (Wildman–Crippen LogP) is 3.97. The standard InChI is InChI=1S/C18H21ClN2O3/c1-11(20-16-8-13(10-22)4-6-15(16)19)14-5-7-18(24-3)17(9-14)21-12(2)23/h4-9,11,20,22H,10H2,1-3H3,(H,21,23). The Balaban J connectivity index is 2.26. The first-order chi connectivity index (χ1) is 11.4. The van der Waals surface area contributed by atoms with Crippen molar-refractivity contribution >= 4 is 28.9 Å². The van der Waals surface area contributed by atoms with E-state index in [1.807, 2.05) is 31.2 Å². The van der Waals surface area contributed by atoms with Crippen LogP contribution >= 0.6 is 11.6 Å². The number of aliphatic hydroxyl groups excluding tert-OH is 1. The lowest BCUT2D eigenvalue weighted by Gasteiger charge is -2.19. The van der Waals surface area contributed by atoms with E-state index in [9.17, 15) is 9.90 Å². The smallest absolute Gasteiger partial charge is 0.221 e. The molecule has 2 rings (SSSR count). The summed E-state index contributed by atoms with van der Waals surface area (Å²) in [5.74, 6) is 0.436. The van der Waals surface area contributed by atoms with E-state index >= 15 is 0 Å². The van der Waals surface area contributed by atoms with Gasteiger partial charge in [0.15, 0.2) is 0 Å². The van der Waals surface area contributed by atoms with Crippen molar-refractivity contribution in [1.29, 1.82) is 0 Å². The first-order valence-corrected chi connectivity index (χ1v) is 7.93. The highest BCUT2D eigenvalue weighted by molar-refractivity contribution is 6.33. The molecule has 1 amide bonds. The molecule has 6 heteroatoms. The molecule has 1 unspecified atom stereocenters. The molecular formula is C18H21ClN2O3. The van der Waals surface area contributed by atoms with E-state index in [-0.39, 0.29) is 18.6 Å². The van der Waals surface area contributed by atoms with Crippen LogP contribution in [0.15, 0.2) is 36.4 Å². The predicted molar refractivity (Wildman–Crippen MR) is 96.7 cm³/mol. The van der Waals surface area contributed by atoms with Crippen LogP contribution in [0.4, 0.5) is 11.4 Å². The molecule has 1 atom stereocenters. The van der Waals surface area contributed by atoms with E-state index in [4.69, 9.17) is 16.3 Å². The molecule has 0 saturated carbocycles. The van der Waals surface area contributed by atoms with Crippen LogP contribution in [0.5, 0.6) is 5.75 Å². The largest absolute Gasteiger partial charge is 0.495 e. The number of anilines is 2. The molecule has 0 bridgehead atoms. The maximum Gasteiger partial charge on any atom is 0.221 e. The maximum absolute atomic E-state index is 11.3. The van der Waals surface area contributed by atoms with Gasteiger partial charge < -0.3 is 20.5 Å². The highest BCUT2D eigenvalue weighted by Gasteiger charge is 2.12. The summed E-state index contributed by atoms with van der Waals surface area (Å²) in [5, 5.41) is 15.9. The summed E-state index contributed by atoms with van der Waals surface area (Å²) in [6, 6.07) is 10.9. The highest BCUT2D eigenvalue weighted by Crippen LogP contribution is 2.31. The Hall–Kier alpha value is -2.24. The van der Waals surface area contributed by atoms with Crippen molar-refractivity contribution in [3.63, 3.8) is 0 Å². The molecule has 0 saturated heterocycles. The van der Waals surface area contributed by atoms with Gasteiger partial charge in [-0.25, -0.2) is 0 Å². The Bertz CT molecular complexity index is 734. The third kappa shape index (κ3) is 4.40. The van der Waals surface area contributed by atoms with E-state index in [1.54, 1.807) is 19.2 Å². The average Bonchev–Trinajstić information content (AvgIpc) is 2.56. The molecule has 128 valence electrons. The molecule has 5 nitrogen and oxygen atoms in total. The van der Waals surface area contributed by atoms with Gasteiger partial charge in [0.05, 0.1) is 30.1 Å². The summed E-state index contributed by atoms with van der Waals surface area (Å²) in [6.07, 6.45) is 0. The molecule has 0 aliphatic heterocycles. The Kier molecular flexibility index (Phi) is 6.06. The van der Waals surface area contributed by atoms with Crippen LogP contribution in [0.1, 0.15) is 31.0 Å². The van der Waals surface area contributed by atoms with Gasteiger partial charge in [-0.2, -0.15) is 0 Å². The normalized spacial score (nSPS) is 11.7. The van der Waals surface area contributed by atoms with Crippen molar-refractivity contribution in [2.24, 2.45) is 0 Å². The van der Waals surface area contributed by atoms with Gasteiger partial charge in [0.1, 0.15) is 5.75 Å². The van der Waals surface area contributed by atoms with Crippen molar-refractivity contribution in [2.45, 2.75) is 26.5 Å². The fourth-order valence-electron chi connectivity index (χ4n) is 2.38. The molecular weight excluding hydrogens is 328 g/mol. The van der Waals surface area contributed by atoms with Crippen LogP contribution in [0.3, 0.4) is 0 Å². The second kappa shape index (κ2) is 8.04. The molecule has 2 aromatic rings. The third-order valence-electron chi connectivity index (χ3n) is 3.62. The lowest BCUT2D eigenvalue weighted by Crippen LogP contribution is -2.11. The fraction of sp³-hybridized carbons (Fsp3) is 0.278. The summed E-state index contributed by atoms with van der Waals surface area (Å²) in [4.78, 5) is 11.3. The topological polar surface area (TPSA) is 70.6 Å². The fourth-order valence-corrected chi connectivity index (χ4v) is 2.55. The van der Waals surface area contributed by atoms with Gasteiger partial charge in [-0.15, -0.1) is 0 Å². The Labute approximate surface area is 146 Å². The Morgan fingerprint density at radius 3 is 2.62 bits per heavy atom. The van der Waals surface area contributed by atoms with Gasteiger partial charge in [0, 0.05) is 13.0 Å². The van der Waals surface area contributed by atoms with Crippen LogP contribution in [-0.2, 0) is 11.4 Å². The van der Waals surface area contributed by atoms with Crippen molar-refractivity contribution in [2.75, 3.05) is 17.7 Å². The first-order valence-electron chi connectivity index (χ1n) is 7.56. The molecule has 0 spiro atoms. The summed E-state index contributed by atoms with van der Waals surface area (Å²) in [7, 11) is 1.56. The first kappa shape index (κ1) is 18.1. The van der Waals surface area contributed by atoms with Gasteiger partial charge in [0.2, 0.25) is 5.91 Å². The van der Waals surface area contributed by atoms with Gasteiger partial charge in [0.25, 0.3) is 0 Å².